The molecule has 0 saturated carbocycles. The number of aryl methyl sites for hydroxylation is 1. The highest BCUT2D eigenvalue weighted by atomic mass is 19.1. The van der Waals surface area contributed by atoms with Gasteiger partial charge in [0.25, 0.3) is 11.1 Å². The second-order valence-corrected chi connectivity index (χ2v) is 6.73. The molecule has 0 bridgehead atoms. The molecule has 0 aliphatic heterocycles. The summed E-state index contributed by atoms with van der Waals surface area (Å²) in [6.45, 7) is 4.44. The Bertz CT molecular complexity index is 1160. The molecule has 2 aromatic carbocycles. The zero-order valence-corrected chi connectivity index (χ0v) is 15.2. The van der Waals surface area contributed by atoms with Crippen LogP contribution < -0.4 is 22.3 Å². The number of para-hydroxylation sites is 1. The van der Waals surface area contributed by atoms with E-state index < -0.39 is 16.9 Å². The summed E-state index contributed by atoms with van der Waals surface area (Å²) in [7, 11) is 0. The van der Waals surface area contributed by atoms with Gasteiger partial charge in [0.05, 0.1) is 11.0 Å². The van der Waals surface area contributed by atoms with Crippen molar-refractivity contribution in [1.29, 1.82) is 0 Å². The quantitative estimate of drug-likeness (QED) is 0.566. The summed E-state index contributed by atoms with van der Waals surface area (Å²) in [5.41, 5.74) is -0.0593. The molecule has 7 heteroatoms. The van der Waals surface area contributed by atoms with Crippen molar-refractivity contribution in [2.45, 2.75) is 26.8 Å². The first-order valence-electron chi connectivity index (χ1n) is 8.72. The monoisotopic (exact) mass is 368 g/mol. The molecule has 6 nitrogen and oxygen atoms in total. The summed E-state index contributed by atoms with van der Waals surface area (Å²) < 4.78 is 16.8. The second kappa shape index (κ2) is 7.57. The van der Waals surface area contributed by atoms with Crippen LogP contribution in [0.15, 0.2) is 63.2 Å². The van der Waals surface area contributed by atoms with Gasteiger partial charge in [0.1, 0.15) is 5.82 Å². The van der Waals surface area contributed by atoms with Crippen LogP contribution in [0.4, 0.5) is 4.39 Å². The average molecular weight is 368 g/mol. The first kappa shape index (κ1) is 18.6. The number of fused-ring (bicyclic) bond motifs is 1. The molecule has 3 rings (SSSR count). The molecule has 0 spiro atoms. The highest BCUT2D eigenvalue weighted by molar-refractivity contribution is 5.76. The Morgan fingerprint density at radius 3 is 2.37 bits per heavy atom. The molecule has 0 aliphatic rings. The van der Waals surface area contributed by atoms with Gasteiger partial charge < -0.3 is 10.4 Å². The predicted octanol–water partition coefficient (Wildman–Crippen LogP) is 2.11. The molecule has 2 N–H and O–H groups in total. The summed E-state index contributed by atoms with van der Waals surface area (Å²) in [6, 6.07) is 12.7. The Hall–Kier alpha value is -3.22. The lowest BCUT2D eigenvalue weighted by Gasteiger charge is -2.11. The van der Waals surface area contributed by atoms with E-state index in [1.165, 1.54) is 27.3 Å². The smallest absolute Gasteiger partial charge is 0.289 e. The van der Waals surface area contributed by atoms with Crippen molar-refractivity contribution in [2.24, 2.45) is 16.9 Å². The minimum Gasteiger partial charge on any atom is -0.322 e. The number of hydrogen-bond acceptors (Lipinski definition) is 4. The Morgan fingerprint density at radius 1 is 1.04 bits per heavy atom. The highest BCUT2D eigenvalue weighted by Gasteiger charge is 2.14. The second-order valence-electron chi connectivity index (χ2n) is 6.73. The van der Waals surface area contributed by atoms with Crippen molar-refractivity contribution in [3.8, 4) is 5.69 Å². The fraction of sp³-hybridized carbons (Fsp3) is 0.250. The van der Waals surface area contributed by atoms with E-state index in [2.05, 4.69) is 5.10 Å². The molecule has 0 atom stereocenters. The number of halogens is 1. The van der Waals surface area contributed by atoms with Crippen molar-refractivity contribution in [3.05, 3.63) is 80.4 Å². The van der Waals surface area contributed by atoms with Gasteiger partial charge in [-0.05, 0) is 36.6 Å². The highest BCUT2D eigenvalue weighted by Crippen LogP contribution is 2.17. The Morgan fingerprint density at radius 2 is 1.74 bits per heavy atom. The average Bonchev–Trinajstić information content (AvgIpc) is 2.72. The van der Waals surface area contributed by atoms with Crippen molar-refractivity contribution in [1.82, 2.24) is 9.13 Å². The van der Waals surface area contributed by atoms with Crippen molar-refractivity contribution >= 4 is 11.0 Å². The largest absolute Gasteiger partial charge is 0.322 e. The summed E-state index contributed by atoms with van der Waals surface area (Å²) >= 11 is 0. The molecule has 140 valence electrons. The van der Waals surface area contributed by atoms with E-state index in [-0.39, 0.29) is 10.9 Å². The van der Waals surface area contributed by atoms with Gasteiger partial charge in [0.2, 0.25) is 5.36 Å². The van der Waals surface area contributed by atoms with Crippen molar-refractivity contribution in [3.63, 3.8) is 0 Å². The van der Waals surface area contributed by atoms with Crippen LogP contribution in [0.5, 0.6) is 0 Å². The molecule has 0 amide bonds. The zero-order chi connectivity index (χ0) is 19.6. The summed E-state index contributed by atoms with van der Waals surface area (Å²) in [5.74, 6) is 5.23. The first-order chi connectivity index (χ1) is 12.9. The fourth-order valence-corrected chi connectivity index (χ4v) is 3.00. The fourth-order valence-electron chi connectivity index (χ4n) is 3.00. The van der Waals surface area contributed by atoms with Crippen LogP contribution in [0.2, 0.25) is 0 Å². The summed E-state index contributed by atoms with van der Waals surface area (Å²) in [5, 5.41) is 3.08. The number of benzene rings is 2. The zero-order valence-electron chi connectivity index (χ0n) is 15.2. The first-order valence-corrected chi connectivity index (χ1v) is 8.72. The lowest BCUT2D eigenvalue weighted by atomic mass is 10.1. The van der Waals surface area contributed by atoms with Crippen LogP contribution in [-0.2, 0) is 6.54 Å². The molecule has 0 unspecified atom stereocenters. The van der Waals surface area contributed by atoms with Crippen LogP contribution in [0.3, 0.4) is 0 Å². The van der Waals surface area contributed by atoms with Crippen LogP contribution in [0.1, 0.15) is 20.3 Å². The normalized spacial score (nSPS) is 12.1. The standard InChI is InChI=1S/C20H21FN4O2/c1-13(2)10-11-24-16-9-8-14(21)12-17(16)25(15-6-4-3-5-7-15)20(27)18(23-22)19(24)26/h3-9,12-13H,10-11,22H2,1-2H3. The number of hydrogen-bond donors (Lipinski definition) is 1. The van der Waals surface area contributed by atoms with Crippen LogP contribution in [0, 0.1) is 11.7 Å². The number of aromatic nitrogens is 2. The van der Waals surface area contributed by atoms with Gasteiger partial charge >= 0.3 is 0 Å². The van der Waals surface area contributed by atoms with Gasteiger partial charge in [-0.3, -0.25) is 14.2 Å². The number of nitrogens with two attached hydrogens (primary N) is 1. The molecular formula is C20H21FN4O2. The summed E-state index contributed by atoms with van der Waals surface area (Å²) in [4.78, 5) is 26.1. The Kier molecular flexibility index (Phi) is 5.21. The molecule has 0 aliphatic carbocycles. The molecule has 3 aromatic rings. The molecular weight excluding hydrogens is 347 g/mol. The van der Waals surface area contributed by atoms with Gasteiger partial charge in [-0.15, -0.1) is 0 Å². The van der Waals surface area contributed by atoms with E-state index in [0.29, 0.717) is 30.1 Å². The van der Waals surface area contributed by atoms with E-state index in [1.54, 1.807) is 30.3 Å². The van der Waals surface area contributed by atoms with E-state index in [9.17, 15) is 14.0 Å². The Balaban J connectivity index is 2.57. The van der Waals surface area contributed by atoms with Crippen LogP contribution >= 0.6 is 0 Å². The maximum atomic E-state index is 14.1. The van der Waals surface area contributed by atoms with E-state index >= 15 is 0 Å². The third-order valence-electron chi connectivity index (χ3n) is 4.40. The van der Waals surface area contributed by atoms with Crippen LogP contribution in [0.25, 0.3) is 16.7 Å². The molecule has 0 fully saturated rings. The minimum atomic E-state index is -0.687. The molecule has 1 heterocycles. The van der Waals surface area contributed by atoms with Gasteiger partial charge in [-0.1, -0.05) is 32.0 Å². The van der Waals surface area contributed by atoms with Gasteiger partial charge in [0, 0.05) is 18.3 Å². The molecule has 0 radical (unpaired) electrons. The third kappa shape index (κ3) is 3.53. The SMILES string of the molecule is CC(C)CCn1c(=O)c(=NN)c(=O)n(-c2ccccc2)c2cc(F)ccc21. The lowest BCUT2D eigenvalue weighted by molar-refractivity contribution is 0.515. The number of nitrogens with zero attached hydrogens (tertiary/aromatic N) is 3. The lowest BCUT2D eigenvalue weighted by Crippen LogP contribution is -2.45. The van der Waals surface area contributed by atoms with Crippen molar-refractivity contribution < 1.29 is 4.39 Å². The molecule has 27 heavy (non-hydrogen) atoms. The van der Waals surface area contributed by atoms with Gasteiger partial charge in [0.15, 0.2) is 0 Å². The predicted molar refractivity (Wildman–Crippen MR) is 103 cm³/mol. The third-order valence-corrected chi connectivity index (χ3v) is 4.40. The summed E-state index contributed by atoms with van der Waals surface area (Å²) in [6.07, 6.45) is 0.708. The molecule has 0 saturated heterocycles. The van der Waals surface area contributed by atoms with Gasteiger partial charge in [-0.2, -0.15) is 5.10 Å². The molecule has 1 aromatic heterocycles. The number of rotatable bonds is 4. The Labute approximate surface area is 155 Å². The maximum Gasteiger partial charge on any atom is 0.289 e. The van der Waals surface area contributed by atoms with E-state index in [4.69, 9.17) is 5.84 Å². The minimum absolute atomic E-state index is 0.280. The van der Waals surface area contributed by atoms with E-state index in [1.807, 2.05) is 13.8 Å². The van der Waals surface area contributed by atoms with Gasteiger partial charge in [-0.25, -0.2) is 4.39 Å². The van der Waals surface area contributed by atoms with Crippen molar-refractivity contribution in [2.75, 3.05) is 0 Å². The van der Waals surface area contributed by atoms with Crippen LogP contribution in [-0.4, -0.2) is 9.13 Å². The van der Waals surface area contributed by atoms with E-state index in [0.717, 1.165) is 0 Å². The maximum absolute atomic E-state index is 14.1. The topological polar surface area (TPSA) is 82.4 Å².